The quantitative estimate of drug-likeness (QED) is 0.476. The van der Waals surface area contributed by atoms with Gasteiger partial charge in [-0.15, -0.1) is 0 Å². The largest absolute Gasteiger partial charge is 0.466 e. The topological polar surface area (TPSA) is 57.5 Å². The average molecular weight is 273 g/mol. The van der Waals surface area contributed by atoms with Crippen molar-refractivity contribution in [3.63, 3.8) is 0 Å². The first kappa shape index (κ1) is 14.0. The number of methoxy groups -OCH3 is 2. The van der Waals surface area contributed by atoms with Crippen molar-refractivity contribution in [1.82, 2.24) is 4.57 Å². The van der Waals surface area contributed by atoms with Gasteiger partial charge in [0, 0.05) is 24.1 Å². The molecule has 104 valence electrons. The Kier molecular flexibility index (Phi) is 4.32. The number of esters is 1. The van der Waals surface area contributed by atoms with E-state index in [1.807, 2.05) is 24.3 Å². The second-order valence-corrected chi connectivity index (χ2v) is 4.14. The number of fused-ring (bicyclic) bond motifs is 1. The molecule has 0 aliphatic heterocycles. The molecule has 0 bridgehead atoms. The molecule has 0 fully saturated rings. The summed E-state index contributed by atoms with van der Waals surface area (Å²) in [6.07, 6.45) is 3.64. The summed E-state index contributed by atoms with van der Waals surface area (Å²) in [5, 5.41) is 0.881. The number of carbonyl (C=O) groups is 2. The normalized spacial score (nSPS) is 11.1. The number of carbonyl (C=O) groups excluding carboxylic acids is 2. The highest BCUT2D eigenvalue weighted by Crippen LogP contribution is 2.26. The van der Waals surface area contributed by atoms with E-state index >= 15 is 0 Å². The molecule has 0 aliphatic carbocycles. The van der Waals surface area contributed by atoms with Crippen LogP contribution in [0.5, 0.6) is 0 Å². The Balaban J connectivity index is 2.65. The van der Waals surface area contributed by atoms with Crippen molar-refractivity contribution in [2.45, 2.75) is 6.73 Å². The summed E-state index contributed by atoms with van der Waals surface area (Å²) in [7, 11) is 2.87. The van der Waals surface area contributed by atoms with Gasteiger partial charge in [-0.05, 0) is 12.1 Å². The van der Waals surface area contributed by atoms with Gasteiger partial charge in [-0.3, -0.25) is 4.79 Å². The molecule has 5 nitrogen and oxygen atoms in total. The number of aromatic nitrogens is 1. The minimum Gasteiger partial charge on any atom is -0.466 e. The van der Waals surface area contributed by atoms with Gasteiger partial charge in [0.1, 0.15) is 6.73 Å². The Bertz CT molecular complexity index is 670. The van der Waals surface area contributed by atoms with E-state index in [-0.39, 0.29) is 6.73 Å². The molecule has 1 aromatic heterocycles. The van der Waals surface area contributed by atoms with Crippen LogP contribution in [0, 0.1) is 0 Å². The van der Waals surface area contributed by atoms with E-state index < -0.39 is 5.97 Å². The molecular formula is C15H15NO4. The number of para-hydroxylation sites is 1. The number of rotatable bonds is 5. The Labute approximate surface area is 116 Å². The standard InChI is InChI=1S/C15H15NO4/c1-19-10-16-13-6-4-3-5-11(13)12(14(16)9-17)7-8-15(18)20-2/h3-9H,10H2,1-2H3. The van der Waals surface area contributed by atoms with Crippen LogP contribution in [0.15, 0.2) is 30.3 Å². The Hall–Kier alpha value is -2.40. The van der Waals surface area contributed by atoms with Crippen molar-refractivity contribution >= 4 is 29.2 Å². The van der Waals surface area contributed by atoms with Gasteiger partial charge in [0.25, 0.3) is 0 Å². The predicted octanol–water partition coefficient (Wildman–Crippen LogP) is 2.24. The summed E-state index contributed by atoms with van der Waals surface area (Å²) in [4.78, 5) is 22.6. The summed E-state index contributed by atoms with van der Waals surface area (Å²) in [5.41, 5.74) is 2.02. The van der Waals surface area contributed by atoms with Gasteiger partial charge in [-0.1, -0.05) is 18.2 Å². The van der Waals surface area contributed by atoms with Crippen molar-refractivity contribution in [2.24, 2.45) is 0 Å². The van der Waals surface area contributed by atoms with Gasteiger partial charge < -0.3 is 14.0 Å². The third kappa shape index (κ3) is 2.48. The molecule has 0 aliphatic rings. The van der Waals surface area contributed by atoms with Crippen LogP contribution in [0.2, 0.25) is 0 Å². The SMILES string of the molecule is COCn1c(C=O)c(C=CC(=O)OC)c2ccccc21. The van der Waals surface area contributed by atoms with E-state index in [1.54, 1.807) is 17.8 Å². The van der Waals surface area contributed by atoms with Gasteiger partial charge in [0.15, 0.2) is 6.29 Å². The summed E-state index contributed by atoms with van der Waals surface area (Å²) < 4.78 is 11.5. The van der Waals surface area contributed by atoms with E-state index in [9.17, 15) is 9.59 Å². The Morgan fingerprint density at radius 3 is 2.70 bits per heavy atom. The number of hydrogen-bond acceptors (Lipinski definition) is 4. The van der Waals surface area contributed by atoms with Crippen molar-refractivity contribution in [2.75, 3.05) is 14.2 Å². The third-order valence-electron chi connectivity index (χ3n) is 3.01. The monoisotopic (exact) mass is 273 g/mol. The van der Waals surface area contributed by atoms with Gasteiger partial charge in [0.2, 0.25) is 0 Å². The number of ether oxygens (including phenoxy) is 2. The summed E-state index contributed by atoms with van der Waals surface area (Å²) in [6, 6.07) is 7.56. The van der Waals surface area contributed by atoms with Crippen molar-refractivity contribution in [3.8, 4) is 0 Å². The van der Waals surface area contributed by atoms with Crippen LogP contribution in [-0.2, 0) is 21.0 Å². The van der Waals surface area contributed by atoms with Crippen LogP contribution in [-0.4, -0.2) is 31.0 Å². The fourth-order valence-electron chi connectivity index (χ4n) is 2.14. The number of hydrogen-bond donors (Lipinski definition) is 0. The lowest BCUT2D eigenvalue weighted by Crippen LogP contribution is -2.04. The second-order valence-electron chi connectivity index (χ2n) is 4.14. The summed E-state index contributed by atoms with van der Waals surface area (Å²) in [5.74, 6) is -0.467. The molecular weight excluding hydrogens is 258 g/mol. The lowest BCUT2D eigenvalue weighted by molar-refractivity contribution is -0.134. The molecule has 0 unspecified atom stereocenters. The lowest BCUT2D eigenvalue weighted by atomic mass is 10.1. The Morgan fingerprint density at radius 2 is 2.05 bits per heavy atom. The first-order chi connectivity index (χ1) is 9.72. The zero-order chi connectivity index (χ0) is 14.5. The average Bonchev–Trinajstić information content (AvgIpc) is 2.78. The second kappa shape index (κ2) is 6.16. The van der Waals surface area contributed by atoms with E-state index in [4.69, 9.17) is 4.74 Å². The molecule has 2 aromatic rings. The maximum atomic E-state index is 11.4. The number of nitrogens with zero attached hydrogens (tertiary/aromatic N) is 1. The van der Waals surface area contributed by atoms with Crippen molar-refractivity contribution < 1.29 is 19.1 Å². The Morgan fingerprint density at radius 1 is 1.30 bits per heavy atom. The van der Waals surface area contributed by atoms with Crippen molar-refractivity contribution in [3.05, 3.63) is 41.6 Å². The third-order valence-corrected chi connectivity index (χ3v) is 3.01. The van der Waals surface area contributed by atoms with E-state index in [1.165, 1.54) is 13.2 Å². The summed E-state index contributed by atoms with van der Waals surface area (Å²) in [6.45, 7) is 0.265. The highest BCUT2D eigenvalue weighted by atomic mass is 16.5. The van der Waals surface area contributed by atoms with Crippen molar-refractivity contribution in [1.29, 1.82) is 0 Å². The van der Waals surface area contributed by atoms with Crippen LogP contribution in [0.3, 0.4) is 0 Å². The number of benzene rings is 1. The molecule has 0 atom stereocenters. The van der Waals surface area contributed by atoms with Gasteiger partial charge in [0.05, 0.1) is 18.3 Å². The maximum absolute atomic E-state index is 11.4. The first-order valence-electron chi connectivity index (χ1n) is 6.04. The van der Waals surface area contributed by atoms with Crippen LogP contribution < -0.4 is 0 Å². The zero-order valence-corrected chi connectivity index (χ0v) is 11.3. The van der Waals surface area contributed by atoms with Crippen LogP contribution >= 0.6 is 0 Å². The highest BCUT2D eigenvalue weighted by Gasteiger charge is 2.14. The van der Waals surface area contributed by atoms with E-state index in [2.05, 4.69) is 4.74 Å². The van der Waals surface area contributed by atoms with Crippen LogP contribution in [0.4, 0.5) is 0 Å². The van der Waals surface area contributed by atoms with E-state index in [0.717, 1.165) is 17.2 Å². The molecule has 0 saturated carbocycles. The number of aldehydes is 1. The molecule has 2 rings (SSSR count). The molecule has 0 amide bonds. The molecule has 1 heterocycles. The van der Waals surface area contributed by atoms with Crippen LogP contribution in [0.1, 0.15) is 16.1 Å². The minimum absolute atomic E-state index is 0.265. The molecule has 0 radical (unpaired) electrons. The smallest absolute Gasteiger partial charge is 0.330 e. The molecule has 20 heavy (non-hydrogen) atoms. The van der Waals surface area contributed by atoms with E-state index in [0.29, 0.717) is 11.3 Å². The molecule has 5 heteroatoms. The van der Waals surface area contributed by atoms with Crippen LogP contribution in [0.25, 0.3) is 17.0 Å². The molecule has 0 N–H and O–H groups in total. The minimum atomic E-state index is -0.467. The molecule has 1 aromatic carbocycles. The molecule has 0 saturated heterocycles. The predicted molar refractivity (Wildman–Crippen MR) is 75.4 cm³/mol. The van der Waals surface area contributed by atoms with Gasteiger partial charge in [-0.2, -0.15) is 0 Å². The zero-order valence-electron chi connectivity index (χ0n) is 11.3. The van der Waals surface area contributed by atoms with Gasteiger partial charge >= 0.3 is 5.97 Å². The fraction of sp³-hybridized carbons (Fsp3) is 0.200. The molecule has 0 spiro atoms. The fourth-order valence-corrected chi connectivity index (χ4v) is 2.14. The highest BCUT2D eigenvalue weighted by molar-refractivity contribution is 6.00. The lowest BCUT2D eigenvalue weighted by Gasteiger charge is -2.05. The van der Waals surface area contributed by atoms with Gasteiger partial charge in [-0.25, -0.2) is 4.79 Å². The first-order valence-corrected chi connectivity index (χ1v) is 6.04. The summed E-state index contributed by atoms with van der Waals surface area (Å²) >= 11 is 0. The maximum Gasteiger partial charge on any atom is 0.330 e.